The third-order valence-corrected chi connectivity index (χ3v) is 5.57. The van der Waals surface area contributed by atoms with E-state index < -0.39 is 0 Å². The second kappa shape index (κ2) is 7.51. The van der Waals surface area contributed by atoms with E-state index in [2.05, 4.69) is 28.1 Å². The van der Waals surface area contributed by atoms with Crippen molar-refractivity contribution in [3.05, 3.63) is 28.7 Å². The maximum absolute atomic E-state index is 12.5. The lowest BCUT2D eigenvalue weighted by molar-refractivity contribution is -0.131. The van der Waals surface area contributed by atoms with Crippen molar-refractivity contribution in [3.8, 4) is 0 Å². The maximum Gasteiger partial charge on any atom is 0.235 e. The van der Waals surface area contributed by atoms with Crippen LogP contribution in [0.25, 0.3) is 0 Å². The van der Waals surface area contributed by atoms with Crippen LogP contribution in [0, 0.1) is 0 Å². The number of halogens is 1. The van der Waals surface area contributed by atoms with Crippen molar-refractivity contribution in [2.75, 3.05) is 7.05 Å². The van der Waals surface area contributed by atoms with Crippen LogP contribution in [0.5, 0.6) is 0 Å². The highest BCUT2D eigenvalue weighted by atomic mass is 79.9. The first-order chi connectivity index (χ1) is 9.58. The summed E-state index contributed by atoms with van der Waals surface area (Å²) in [5.74, 6) is 0.254. The number of hydrogen-bond donors (Lipinski definition) is 0. The van der Waals surface area contributed by atoms with Gasteiger partial charge in [0.25, 0.3) is 0 Å². The third kappa shape index (κ3) is 4.26. The first-order valence-corrected chi connectivity index (χ1v) is 8.94. The molecule has 0 aromatic heterocycles. The van der Waals surface area contributed by atoms with Gasteiger partial charge in [0.2, 0.25) is 5.91 Å². The van der Waals surface area contributed by atoms with Gasteiger partial charge in [-0.1, -0.05) is 35.2 Å². The Labute approximate surface area is 134 Å². The van der Waals surface area contributed by atoms with E-state index in [-0.39, 0.29) is 11.2 Å². The number of thioether (sulfide) groups is 1. The molecule has 1 aromatic carbocycles. The summed E-state index contributed by atoms with van der Waals surface area (Å²) in [6.45, 7) is 2.01. The molecule has 1 fully saturated rings. The Morgan fingerprint density at radius 3 is 2.45 bits per heavy atom. The van der Waals surface area contributed by atoms with Gasteiger partial charge in [0.15, 0.2) is 0 Å². The molecule has 0 N–H and O–H groups in total. The molecular weight excluding hydrogens is 334 g/mol. The van der Waals surface area contributed by atoms with Crippen LogP contribution in [0.1, 0.15) is 39.0 Å². The molecule has 110 valence electrons. The molecule has 0 bridgehead atoms. The maximum atomic E-state index is 12.5. The summed E-state index contributed by atoms with van der Waals surface area (Å²) in [6, 6.07) is 8.59. The van der Waals surface area contributed by atoms with E-state index in [9.17, 15) is 4.79 Å². The third-order valence-electron chi connectivity index (χ3n) is 3.94. The lowest BCUT2D eigenvalue weighted by Crippen LogP contribution is -2.42. The van der Waals surface area contributed by atoms with Gasteiger partial charge in [0.1, 0.15) is 0 Å². The minimum atomic E-state index is -0.0249. The molecule has 1 saturated carbocycles. The Bertz CT molecular complexity index is 442. The summed E-state index contributed by atoms with van der Waals surface area (Å²) < 4.78 is 1.07. The number of carbonyl (C=O) groups is 1. The fourth-order valence-corrected chi connectivity index (χ4v) is 3.94. The van der Waals surface area contributed by atoms with E-state index in [1.54, 1.807) is 11.8 Å². The van der Waals surface area contributed by atoms with Crippen LogP contribution in [0.2, 0.25) is 0 Å². The highest BCUT2D eigenvalue weighted by molar-refractivity contribution is 9.10. The number of hydrogen-bond acceptors (Lipinski definition) is 2. The van der Waals surface area contributed by atoms with E-state index in [0.29, 0.717) is 6.04 Å². The number of carbonyl (C=O) groups excluding carboxylic acids is 1. The van der Waals surface area contributed by atoms with E-state index in [4.69, 9.17) is 0 Å². The summed E-state index contributed by atoms with van der Waals surface area (Å²) in [4.78, 5) is 15.6. The highest BCUT2D eigenvalue weighted by Gasteiger charge is 2.25. The molecule has 4 heteroatoms. The van der Waals surface area contributed by atoms with E-state index in [0.717, 1.165) is 22.2 Å². The van der Waals surface area contributed by atoms with E-state index in [1.165, 1.54) is 19.3 Å². The molecule has 1 amide bonds. The second-order valence-corrected chi connectivity index (χ2v) is 7.78. The first-order valence-electron chi connectivity index (χ1n) is 7.27. The fraction of sp³-hybridized carbons (Fsp3) is 0.562. The largest absolute Gasteiger partial charge is 0.342 e. The Morgan fingerprint density at radius 2 is 1.85 bits per heavy atom. The molecule has 0 saturated heterocycles. The van der Waals surface area contributed by atoms with Crippen molar-refractivity contribution in [2.45, 2.75) is 55.2 Å². The van der Waals surface area contributed by atoms with Gasteiger partial charge in [-0.05, 0) is 44.0 Å². The molecule has 1 atom stereocenters. The number of benzene rings is 1. The molecule has 20 heavy (non-hydrogen) atoms. The molecule has 1 aliphatic carbocycles. The number of nitrogens with zero attached hydrogens (tertiary/aromatic N) is 1. The van der Waals surface area contributed by atoms with Gasteiger partial charge >= 0.3 is 0 Å². The van der Waals surface area contributed by atoms with Gasteiger partial charge in [-0.15, -0.1) is 11.8 Å². The smallest absolute Gasteiger partial charge is 0.235 e. The number of amides is 1. The molecular formula is C16H22BrNOS. The van der Waals surface area contributed by atoms with E-state index in [1.807, 2.05) is 31.0 Å². The molecule has 0 spiro atoms. The lowest BCUT2D eigenvalue weighted by atomic mass is 9.94. The highest BCUT2D eigenvalue weighted by Crippen LogP contribution is 2.28. The predicted octanol–water partition coefficient (Wildman–Crippen LogP) is 4.72. The number of rotatable bonds is 4. The molecule has 0 radical (unpaired) electrons. The monoisotopic (exact) mass is 355 g/mol. The zero-order valence-corrected chi connectivity index (χ0v) is 14.5. The fourth-order valence-electron chi connectivity index (χ4n) is 2.70. The Morgan fingerprint density at radius 1 is 1.25 bits per heavy atom. The standard InChI is InChI=1S/C16H22BrNOS/c1-12(20-15-10-8-13(17)9-11-15)16(19)18(2)14-6-4-3-5-7-14/h8-12,14H,3-7H2,1-2H3. The normalized spacial score (nSPS) is 17.8. The minimum absolute atomic E-state index is 0.0249. The average Bonchev–Trinajstić information content (AvgIpc) is 2.49. The Kier molecular flexibility index (Phi) is 5.97. The van der Waals surface area contributed by atoms with Crippen LogP contribution in [0.3, 0.4) is 0 Å². The van der Waals surface area contributed by atoms with Gasteiger partial charge < -0.3 is 4.90 Å². The first kappa shape index (κ1) is 15.9. The van der Waals surface area contributed by atoms with Crippen molar-refractivity contribution in [1.29, 1.82) is 0 Å². The van der Waals surface area contributed by atoms with Crippen molar-refractivity contribution < 1.29 is 4.79 Å². The van der Waals surface area contributed by atoms with Crippen molar-refractivity contribution in [3.63, 3.8) is 0 Å². The Hall–Kier alpha value is -0.480. The van der Waals surface area contributed by atoms with Crippen molar-refractivity contribution in [1.82, 2.24) is 4.90 Å². The Balaban J connectivity index is 1.92. The van der Waals surface area contributed by atoms with Crippen LogP contribution in [0.4, 0.5) is 0 Å². The zero-order valence-electron chi connectivity index (χ0n) is 12.1. The summed E-state index contributed by atoms with van der Waals surface area (Å²) in [7, 11) is 1.97. The summed E-state index contributed by atoms with van der Waals surface area (Å²) in [5, 5.41) is -0.0249. The van der Waals surface area contributed by atoms with Gasteiger partial charge in [-0.2, -0.15) is 0 Å². The van der Waals surface area contributed by atoms with Crippen LogP contribution < -0.4 is 0 Å². The molecule has 1 aliphatic rings. The molecule has 2 nitrogen and oxygen atoms in total. The van der Waals surface area contributed by atoms with Crippen LogP contribution >= 0.6 is 27.7 Å². The molecule has 2 rings (SSSR count). The summed E-state index contributed by atoms with van der Waals surface area (Å²) >= 11 is 5.07. The zero-order chi connectivity index (χ0) is 14.5. The topological polar surface area (TPSA) is 20.3 Å². The summed E-state index contributed by atoms with van der Waals surface area (Å²) in [5.41, 5.74) is 0. The van der Waals surface area contributed by atoms with Gasteiger partial charge in [0.05, 0.1) is 5.25 Å². The minimum Gasteiger partial charge on any atom is -0.342 e. The predicted molar refractivity (Wildman–Crippen MR) is 89.1 cm³/mol. The van der Waals surface area contributed by atoms with Gasteiger partial charge in [-0.3, -0.25) is 4.79 Å². The quantitative estimate of drug-likeness (QED) is 0.728. The van der Waals surface area contributed by atoms with Crippen LogP contribution in [0.15, 0.2) is 33.6 Å². The molecule has 0 heterocycles. The molecule has 1 aromatic rings. The SMILES string of the molecule is CC(Sc1ccc(Br)cc1)C(=O)N(C)C1CCCCC1. The van der Waals surface area contributed by atoms with Gasteiger partial charge in [0, 0.05) is 22.5 Å². The lowest BCUT2D eigenvalue weighted by Gasteiger charge is -2.32. The molecule has 1 unspecified atom stereocenters. The second-order valence-electron chi connectivity index (χ2n) is 5.45. The van der Waals surface area contributed by atoms with Crippen molar-refractivity contribution >= 4 is 33.6 Å². The van der Waals surface area contributed by atoms with Crippen LogP contribution in [-0.2, 0) is 4.79 Å². The van der Waals surface area contributed by atoms with Gasteiger partial charge in [-0.25, -0.2) is 0 Å². The summed E-state index contributed by atoms with van der Waals surface area (Å²) in [6.07, 6.45) is 6.17. The van der Waals surface area contributed by atoms with E-state index >= 15 is 0 Å². The molecule has 0 aliphatic heterocycles. The average molecular weight is 356 g/mol. The van der Waals surface area contributed by atoms with Crippen LogP contribution in [-0.4, -0.2) is 29.1 Å². The van der Waals surface area contributed by atoms with Crippen molar-refractivity contribution in [2.24, 2.45) is 0 Å².